The van der Waals surface area contributed by atoms with E-state index in [0.29, 0.717) is 34.6 Å². The topological polar surface area (TPSA) is 60.0 Å². The Morgan fingerprint density at radius 1 is 1.19 bits per heavy atom. The molecule has 168 valence electrons. The number of hydrogen-bond donors (Lipinski definition) is 1. The minimum atomic E-state index is -0.259. The quantitative estimate of drug-likeness (QED) is 0.558. The monoisotopic (exact) mass is 450 g/mol. The normalized spacial score (nSPS) is 14.8. The molecule has 1 fully saturated rings. The van der Waals surface area contributed by atoms with Gasteiger partial charge in [0.25, 0.3) is 0 Å². The lowest BCUT2D eigenvalue weighted by Gasteiger charge is -2.32. The van der Waals surface area contributed by atoms with E-state index in [2.05, 4.69) is 10.2 Å². The molecule has 1 aliphatic heterocycles. The van der Waals surface area contributed by atoms with Crippen molar-refractivity contribution in [2.75, 3.05) is 38.7 Å². The number of likely N-dealkylation sites (tertiary alicyclic amines) is 1. The number of nitrogens with one attached hydrogen (secondary N) is 1. The summed E-state index contributed by atoms with van der Waals surface area (Å²) in [4.78, 5) is 13.8. The fourth-order valence-electron chi connectivity index (χ4n) is 3.52. The molecule has 1 aliphatic rings. The molecule has 1 amide bonds. The first-order valence-electron chi connectivity index (χ1n) is 10.4. The van der Waals surface area contributed by atoms with E-state index in [9.17, 15) is 9.18 Å². The van der Waals surface area contributed by atoms with Crippen molar-refractivity contribution in [1.29, 1.82) is 0 Å². The van der Waals surface area contributed by atoms with Gasteiger partial charge in [0.15, 0.2) is 0 Å². The Hall–Kier alpha value is -2.51. The number of rotatable bonds is 9. The molecule has 1 N–H and O–H groups in total. The minimum Gasteiger partial charge on any atom is -0.495 e. The van der Waals surface area contributed by atoms with Gasteiger partial charge in [-0.15, -0.1) is 0 Å². The predicted molar refractivity (Wildman–Crippen MR) is 119 cm³/mol. The maximum atomic E-state index is 13.0. The Morgan fingerprint density at radius 2 is 1.90 bits per heavy atom. The van der Waals surface area contributed by atoms with Crippen LogP contribution in [0.4, 0.5) is 10.1 Å². The number of benzene rings is 2. The molecule has 6 nitrogen and oxygen atoms in total. The van der Waals surface area contributed by atoms with Gasteiger partial charge >= 0.3 is 0 Å². The van der Waals surface area contributed by atoms with Crippen LogP contribution in [0.1, 0.15) is 26.2 Å². The molecule has 8 heteroatoms. The number of anilines is 1. The summed E-state index contributed by atoms with van der Waals surface area (Å²) in [6.45, 7) is 4.73. The Bertz CT molecular complexity index is 871. The van der Waals surface area contributed by atoms with Gasteiger partial charge in [-0.2, -0.15) is 0 Å². The largest absolute Gasteiger partial charge is 0.495 e. The van der Waals surface area contributed by atoms with Gasteiger partial charge in [0, 0.05) is 32.6 Å². The number of ether oxygens (including phenoxy) is 3. The van der Waals surface area contributed by atoms with Crippen molar-refractivity contribution in [1.82, 2.24) is 4.90 Å². The maximum absolute atomic E-state index is 13.0. The van der Waals surface area contributed by atoms with Crippen molar-refractivity contribution in [3.63, 3.8) is 0 Å². The molecule has 0 unspecified atom stereocenters. The highest BCUT2D eigenvalue weighted by molar-refractivity contribution is 6.32. The van der Waals surface area contributed by atoms with Crippen molar-refractivity contribution in [3.8, 4) is 17.2 Å². The van der Waals surface area contributed by atoms with E-state index in [0.717, 1.165) is 38.9 Å². The lowest BCUT2D eigenvalue weighted by Crippen LogP contribution is -2.39. The average Bonchev–Trinajstić information content (AvgIpc) is 2.75. The fraction of sp³-hybridized carbons (Fsp3) is 0.435. The van der Waals surface area contributed by atoms with E-state index in [1.165, 1.54) is 26.2 Å². The molecule has 0 aromatic heterocycles. The van der Waals surface area contributed by atoms with E-state index < -0.39 is 0 Å². The van der Waals surface area contributed by atoms with Crippen LogP contribution in [0.3, 0.4) is 0 Å². The Balaban J connectivity index is 1.42. The van der Waals surface area contributed by atoms with Crippen molar-refractivity contribution < 1.29 is 23.4 Å². The van der Waals surface area contributed by atoms with Gasteiger partial charge in [-0.1, -0.05) is 11.6 Å². The first kappa shape index (κ1) is 23.2. The zero-order valence-electron chi connectivity index (χ0n) is 17.8. The number of amides is 1. The molecule has 3 rings (SSSR count). The lowest BCUT2D eigenvalue weighted by molar-refractivity contribution is -0.114. The van der Waals surface area contributed by atoms with Crippen LogP contribution in [0.2, 0.25) is 5.02 Å². The molecule has 0 spiro atoms. The van der Waals surface area contributed by atoms with Crippen LogP contribution in [-0.4, -0.2) is 50.3 Å². The van der Waals surface area contributed by atoms with Crippen molar-refractivity contribution in [2.45, 2.75) is 32.3 Å². The van der Waals surface area contributed by atoms with Gasteiger partial charge in [-0.25, -0.2) is 4.39 Å². The number of carbonyl (C=O) groups excluding carboxylic acids is 1. The zero-order chi connectivity index (χ0) is 22.2. The summed E-state index contributed by atoms with van der Waals surface area (Å²) in [6.07, 6.45) is 2.85. The molecule has 0 aliphatic carbocycles. The van der Waals surface area contributed by atoms with E-state index in [-0.39, 0.29) is 17.8 Å². The van der Waals surface area contributed by atoms with Crippen molar-refractivity contribution in [3.05, 3.63) is 47.2 Å². The molecule has 1 heterocycles. The van der Waals surface area contributed by atoms with Gasteiger partial charge in [0.05, 0.1) is 24.4 Å². The van der Waals surface area contributed by atoms with Crippen LogP contribution in [0.15, 0.2) is 36.4 Å². The van der Waals surface area contributed by atoms with Crippen LogP contribution in [-0.2, 0) is 4.79 Å². The summed E-state index contributed by atoms with van der Waals surface area (Å²) < 4.78 is 30.1. The van der Waals surface area contributed by atoms with Crippen LogP contribution in [0, 0.1) is 5.82 Å². The number of nitrogens with zero attached hydrogens (tertiary/aromatic N) is 1. The van der Waals surface area contributed by atoms with E-state index in [1.54, 1.807) is 24.3 Å². The van der Waals surface area contributed by atoms with Gasteiger partial charge < -0.3 is 24.4 Å². The molecular weight excluding hydrogens is 423 g/mol. The fourth-order valence-corrected chi connectivity index (χ4v) is 3.77. The van der Waals surface area contributed by atoms with Crippen molar-refractivity contribution in [2.24, 2.45) is 0 Å². The molecule has 2 aromatic rings. The van der Waals surface area contributed by atoms with E-state index in [4.69, 9.17) is 25.8 Å². The number of hydrogen-bond acceptors (Lipinski definition) is 5. The first-order valence-corrected chi connectivity index (χ1v) is 10.7. The second kappa shape index (κ2) is 11.2. The number of halogens is 2. The summed E-state index contributed by atoms with van der Waals surface area (Å²) in [7, 11) is 1.53. The van der Waals surface area contributed by atoms with Crippen LogP contribution < -0.4 is 19.5 Å². The number of carbonyl (C=O) groups is 1. The van der Waals surface area contributed by atoms with Gasteiger partial charge in [-0.3, -0.25) is 4.79 Å². The Kier molecular flexibility index (Phi) is 8.37. The van der Waals surface area contributed by atoms with Crippen LogP contribution in [0.5, 0.6) is 17.2 Å². The maximum Gasteiger partial charge on any atom is 0.221 e. The molecule has 1 saturated heterocycles. The highest BCUT2D eigenvalue weighted by atomic mass is 35.5. The highest BCUT2D eigenvalue weighted by Gasteiger charge is 2.20. The van der Waals surface area contributed by atoms with Crippen LogP contribution in [0.25, 0.3) is 0 Å². The predicted octanol–water partition coefficient (Wildman–Crippen LogP) is 4.76. The molecule has 2 aromatic carbocycles. The Morgan fingerprint density at radius 3 is 2.55 bits per heavy atom. The molecule has 0 bridgehead atoms. The summed E-state index contributed by atoms with van der Waals surface area (Å²) in [6, 6.07) is 9.48. The van der Waals surface area contributed by atoms with Crippen molar-refractivity contribution >= 4 is 23.2 Å². The first-order chi connectivity index (χ1) is 14.9. The SMILES string of the molecule is COc1cc(OCCCN2CCC(Oc3ccc(F)cc3)CC2)c(NC(C)=O)cc1Cl. The molecule has 0 radical (unpaired) electrons. The summed E-state index contributed by atoms with van der Waals surface area (Å²) in [5.74, 6) is 1.28. The van der Waals surface area contributed by atoms with Gasteiger partial charge in [-0.05, 0) is 49.6 Å². The second-order valence-corrected chi connectivity index (χ2v) is 7.89. The summed E-state index contributed by atoms with van der Waals surface area (Å²) >= 11 is 6.15. The van der Waals surface area contributed by atoms with E-state index >= 15 is 0 Å². The highest BCUT2D eigenvalue weighted by Crippen LogP contribution is 2.36. The minimum absolute atomic E-state index is 0.153. The lowest BCUT2D eigenvalue weighted by atomic mass is 10.1. The molecule has 0 saturated carbocycles. The van der Waals surface area contributed by atoms with E-state index in [1.807, 2.05) is 0 Å². The number of piperidine rings is 1. The average molecular weight is 451 g/mol. The third-order valence-electron chi connectivity index (χ3n) is 5.09. The summed E-state index contributed by atoms with van der Waals surface area (Å²) in [5, 5.41) is 3.14. The molecule has 0 atom stereocenters. The third kappa shape index (κ3) is 7.01. The summed E-state index contributed by atoms with van der Waals surface area (Å²) in [5.41, 5.74) is 0.525. The third-order valence-corrected chi connectivity index (χ3v) is 5.39. The Labute approximate surface area is 187 Å². The van der Waals surface area contributed by atoms with Gasteiger partial charge in [0.2, 0.25) is 5.91 Å². The smallest absolute Gasteiger partial charge is 0.221 e. The molecular formula is C23H28ClFN2O4. The van der Waals surface area contributed by atoms with Crippen LogP contribution >= 0.6 is 11.6 Å². The zero-order valence-corrected chi connectivity index (χ0v) is 18.6. The van der Waals surface area contributed by atoms with Gasteiger partial charge in [0.1, 0.15) is 29.2 Å². The number of methoxy groups -OCH3 is 1. The molecule has 31 heavy (non-hydrogen) atoms. The standard InChI is InChI=1S/C23H28ClFN2O4/c1-16(28)26-21-14-20(24)22(29-2)15-23(21)30-13-3-10-27-11-8-19(9-12-27)31-18-6-4-17(25)5-7-18/h4-7,14-15,19H,3,8-13H2,1-2H3,(H,26,28). The second-order valence-electron chi connectivity index (χ2n) is 7.48.